The third-order valence-electron chi connectivity index (χ3n) is 6.45. The third kappa shape index (κ3) is 4.14. The Balaban J connectivity index is 1.45. The van der Waals surface area contributed by atoms with Gasteiger partial charge in [-0.2, -0.15) is 5.10 Å². The summed E-state index contributed by atoms with van der Waals surface area (Å²) in [6.07, 6.45) is 4.50. The molecule has 1 aliphatic rings. The fourth-order valence-electron chi connectivity index (χ4n) is 4.53. The second-order valence-corrected chi connectivity index (χ2v) is 9.70. The van der Waals surface area contributed by atoms with Crippen LogP contribution in [0.25, 0.3) is 10.9 Å². The van der Waals surface area contributed by atoms with Crippen molar-refractivity contribution in [1.29, 1.82) is 0 Å². The Labute approximate surface area is 205 Å². The summed E-state index contributed by atoms with van der Waals surface area (Å²) in [6.45, 7) is 0.937. The van der Waals surface area contributed by atoms with E-state index in [1.807, 2.05) is 76.3 Å². The molecule has 1 saturated heterocycles. The van der Waals surface area contributed by atoms with E-state index in [4.69, 9.17) is 12.2 Å². The molecule has 2 aromatic carbocycles. The largest absolute Gasteiger partial charge is 0.385 e. The molecule has 0 spiro atoms. The minimum absolute atomic E-state index is 0.0296. The molecular formula is C25H23BrN4O2S. The molecule has 8 heteroatoms. The lowest BCUT2D eigenvalue weighted by Gasteiger charge is -2.40. The molecule has 2 N–H and O–H groups in total. The summed E-state index contributed by atoms with van der Waals surface area (Å²) in [5.74, 6) is -0.0296. The molecular weight excluding hydrogens is 500 g/mol. The molecule has 5 rings (SSSR count). The zero-order valence-electron chi connectivity index (χ0n) is 17.8. The number of rotatable bonds is 4. The first kappa shape index (κ1) is 22.0. The number of aromatic nitrogens is 3. The molecule has 1 aliphatic heterocycles. The number of carbonyl (C=O) groups excluding carboxylic acids is 1. The van der Waals surface area contributed by atoms with E-state index in [0.29, 0.717) is 30.6 Å². The molecule has 2 aromatic heterocycles. The maximum absolute atomic E-state index is 13.9. The predicted molar refractivity (Wildman–Crippen MR) is 133 cm³/mol. The number of nitrogens with one attached hydrogen (secondary N) is 1. The molecule has 1 fully saturated rings. The topological polar surface area (TPSA) is 74.2 Å². The van der Waals surface area contributed by atoms with E-state index in [0.717, 1.165) is 26.5 Å². The lowest BCUT2D eigenvalue weighted by Crippen LogP contribution is -2.47. The number of carbonyl (C=O) groups is 1. The zero-order chi connectivity index (χ0) is 23.0. The highest BCUT2D eigenvalue weighted by molar-refractivity contribution is 9.10. The Bertz CT molecular complexity index is 1340. The van der Waals surface area contributed by atoms with Crippen molar-refractivity contribution < 1.29 is 9.90 Å². The van der Waals surface area contributed by atoms with E-state index in [9.17, 15) is 9.90 Å². The third-order valence-corrected chi connectivity index (χ3v) is 7.41. The van der Waals surface area contributed by atoms with E-state index < -0.39 is 11.6 Å². The van der Waals surface area contributed by atoms with Crippen molar-refractivity contribution >= 4 is 45.0 Å². The number of benzene rings is 2. The summed E-state index contributed by atoms with van der Waals surface area (Å²) >= 11 is 9.19. The first-order valence-corrected chi connectivity index (χ1v) is 12.0. The molecule has 3 heterocycles. The highest BCUT2D eigenvalue weighted by Crippen LogP contribution is 2.35. The second-order valence-electron chi connectivity index (χ2n) is 8.40. The van der Waals surface area contributed by atoms with Crippen molar-refractivity contribution in [3.63, 3.8) is 0 Å². The van der Waals surface area contributed by atoms with Crippen molar-refractivity contribution in [3.05, 3.63) is 93.3 Å². The van der Waals surface area contributed by atoms with Gasteiger partial charge in [-0.05, 0) is 42.2 Å². The molecule has 33 heavy (non-hydrogen) atoms. The van der Waals surface area contributed by atoms with Gasteiger partial charge in [0.2, 0.25) is 5.91 Å². The highest BCUT2D eigenvalue weighted by atomic mass is 79.9. The van der Waals surface area contributed by atoms with Crippen molar-refractivity contribution in [3.8, 4) is 0 Å². The Hall–Kier alpha value is -2.81. The van der Waals surface area contributed by atoms with Gasteiger partial charge in [0, 0.05) is 23.8 Å². The lowest BCUT2D eigenvalue weighted by atomic mass is 9.84. The van der Waals surface area contributed by atoms with Gasteiger partial charge in [-0.15, -0.1) is 0 Å². The van der Waals surface area contributed by atoms with Crippen LogP contribution in [0.2, 0.25) is 0 Å². The van der Waals surface area contributed by atoms with Crippen LogP contribution >= 0.6 is 28.1 Å². The van der Waals surface area contributed by atoms with Gasteiger partial charge in [-0.3, -0.25) is 9.89 Å². The normalized spacial score (nSPS) is 16.6. The SMILES string of the molecule is O=C(C(c1ccccc1)n1ccc2[nH]ncc2c1=S)N1CCC(O)(c2ccc(Br)cc2)CC1. The van der Waals surface area contributed by atoms with Gasteiger partial charge in [0.15, 0.2) is 0 Å². The van der Waals surface area contributed by atoms with Gasteiger partial charge in [0.25, 0.3) is 0 Å². The average molecular weight is 523 g/mol. The quantitative estimate of drug-likeness (QED) is 0.371. The predicted octanol–water partition coefficient (Wildman–Crippen LogP) is 4.96. The summed E-state index contributed by atoms with van der Waals surface area (Å²) in [5, 5.41) is 19.1. The van der Waals surface area contributed by atoms with Crippen LogP contribution in [0.4, 0.5) is 0 Å². The van der Waals surface area contributed by atoms with Gasteiger partial charge in [0.1, 0.15) is 10.7 Å². The van der Waals surface area contributed by atoms with Crippen molar-refractivity contribution in [2.45, 2.75) is 24.5 Å². The van der Waals surface area contributed by atoms with Crippen LogP contribution < -0.4 is 0 Å². The van der Waals surface area contributed by atoms with Gasteiger partial charge in [-0.1, -0.05) is 70.6 Å². The Morgan fingerprint density at radius 1 is 1.09 bits per heavy atom. The molecule has 0 aliphatic carbocycles. The second kappa shape index (κ2) is 8.85. The monoisotopic (exact) mass is 522 g/mol. The molecule has 0 bridgehead atoms. The van der Waals surface area contributed by atoms with Crippen molar-refractivity contribution in [2.75, 3.05) is 13.1 Å². The number of nitrogens with zero attached hydrogens (tertiary/aromatic N) is 3. The number of H-pyrrole nitrogens is 1. The number of likely N-dealkylation sites (tertiary alicyclic amines) is 1. The first-order valence-electron chi connectivity index (χ1n) is 10.8. The maximum Gasteiger partial charge on any atom is 0.250 e. The van der Waals surface area contributed by atoms with Crippen molar-refractivity contribution in [2.24, 2.45) is 0 Å². The number of fused-ring (bicyclic) bond motifs is 1. The number of aliphatic hydroxyl groups is 1. The van der Waals surface area contributed by atoms with Crippen LogP contribution in [0.1, 0.15) is 30.0 Å². The number of halogens is 1. The van der Waals surface area contributed by atoms with Gasteiger partial charge < -0.3 is 14.6 Å². The number of amides is 1. The molecule has 1 atom stereocenters. The molecule has 1 unspecified atom stereocenters. The number of piperidine rings is 1. The molecule has 168 valence electrons. The minimum atomic E-state index is -0.939. The minimum Gasteiger partial charge on any atom is -0.385 e. The van der Waals surface area contributed by atoms with Crippen LogP contribution in [-0.4, -0.2) is 43.8 Å². The number of pyridine rings is 1. The molecule has 0 saturated carbocycles. The summed E-state index contributed by atoms with van der Waals surface area (Å²) in [5.41, 5.74) is 1.65. The Kier molecular flexibility index (Phi) is 5.90. The summed E-state index contributed by atoms with van der Waals surface area (Å²) in [6, 6.07) is 18.7. The molecule has 6 nitrogen and oxygen atoms in total. The van der Waals surface area contributed by atoms with E-state index in [1.54, 1.807) is 6.20 Å². The Morgan fingerprint density at radius 2 is 1.79 bits per heavy atom. The molecule has 4 aromatic rings. The highest BCUT2D eigenvalue weighted by Gasteiger charge is 2.37. The van der Waals surface area contributed by atoms with Crippen LogP contribution in [0, 0.1) is 4.64 Å². The van der Waals surface area contributed by atoms with Crippen LogP contribution in [0.3, 0.4) is 0 Å². The van der Waals surface area contributed by atoms with Gasteiger partial charge in [-0.25, -0.2) is 0 Å². The fraction of sp³-hybridized carbons (Fsp3) is 0.240. The number of hydrogen-bond donors (Lipinski definition) is 2. The maximum atomic E-state index is 13.9. The smallest absolute Gasteiger partial charge is 0.250 e. The summed E-state index contributed by atoms with van der Waals surface area (Å²) in [4.78, 5) is 15.7. The van der Waals surface area contributed by atoms with E-state index >= 15 is 0 Å². The van der Waals surface area contributed by atoms with Crippen LogP contribution in [0.15, 0.2) is 77.5 Å². The molecule has 1 amide bonds. The number of aromatic amines is 1. The fourth-order valence-corrected chi connectivity index (χ4v) is 5.13. The van der Waals surface area contributed by atoms with E-state index in [1.165, 1.54) is 0 Å². The summed E-state index contributed by atoms with van der Waals surface area (Å²) in [7, 11) is 0. The summed E-state index contributed by atoms with van der Waals surface area (Å²) < 4.78 is 3.38. The van der Waals surface area contributed by atoms with Crippen LogP contribution in [-0.2, 0) is 10.4 Å². The van der Waals surface area contributed by atoms with E-state index in [-0.39, 0.29) is 5.91 Å². The lowest BCUT2D eigenvalue weighted by molar-refractivity contribution is -0.138. The van der Waals surface area contributed by atoms with Crippen molar-refractivity contribution in [1.82, 2.24) is 19.7 Å². The van der Waals surface area contributed by atoms with Crippen LogP contribution in [0.5, 0.6) is 0 Å². The molecule has 0 radical (unpaired) electrons. The van der Waals surface area contributed by atoms with E-state index in [2.05, 4.69) is 26.1 Å². The average Bonchev–Trinajstić information content (AvgIpc) is 3.32. The van der Waals surface area contributed by atoms with Gasteiger partial charge >= 0.3 is 0 Å². The first-order chi connectivity index (χ1) is 16.0. The number of hydrogen-bond acceptors (Lipinski definition) is 4. The standard InChI is InChI=1S/C25H23BrN4O2S/c26-19-8-6-18(7-9-19)25(32)11-14-29(15-12-25)23(31)22(17-4-2-1-3-5-17)30-13-10-21-20(24(30)33)16-27-28-21/h1-10,13,16,22,32H,11-12,14-15H2,(H,27,28). The zero-order valence-corrected chi connectivity index (χ0v) is 20.2. The van der Waals surface area contributed by atoms with Gasteiger partial charge in [0.05, 0.1) is 22.7 Å². The Morgan fingerprint density at radius 3 is 2.48 bits per heavy atom.